The summed E-state index contributed by atoms with van der Waals surface area (Å²) in [5.74, 6) is 2.98. The normalized spacial score (nSPS) is 9.64. The number of benzene rings is 1. The van der Waals surface area contributed by atoms with Crippen molar-refractivity contribution in [1.29, 1.82) is 0 Å². The van der Waals surface area contributed by atoms with Crippen molar-refractivity contribution < 1.29 is 4.74 Å². The number of hydrogen-bond acceptors (Lipinski definition) is 2. The van der Waals surface area contributed by atoms with Gasteiger partial charge in [-0.1, -0.05) is 19.1 Å². The number of rotatable bonds is 3. The molecular formula is C9H11OS. The summed E-state index contributed by atoms with van der Waals surface area (Å²) in [4.78, 5) is 1.16. The molecule has 0 saturated heterocycles. The zero-order valence-corrected chi connectivity index (χ0v) is 7.52. The van der Waals surface area contributed by atoms with Gasteiger partial charge < -0.3 is 4.74 Å². The molecule has 2 heteroatoms. The Morgan fingerprint density at radius 2 is 2.09 bits per heavy atom. The Bertz CT molecular complexity index is 223. The molecular weight excluding hydrogens is 156 g/mol. The fraction of sp³-hybridized carbons (Fsp3) is 0.222. The van der Waals surface area contributed by atoms with E-state index in [0.717, 1.165) is 10.6 Å². The highest BCUT2D eigenvalue weighted by Crippen LogP contribution is 2.29. The molecule has 0 atom stereocenters. The van der Waals surface area contributed by atoms with Crippen molar-refractivity contribution in [2.75, 3.05) is 7.11 Å². The fourth-order valence-electron chi connectivity index (χ4n) is 0.843. The molecule has 0 spiro atoms. The van der Waals surface area contributed by atoms with Crippen LogP contribution < -0.4 is 4.74 Å². The van der Waals surface area contributed by atoms with Crippen LogP contribution in [0.15, 0.2) is 29.2 Å². The lowest BCUT2D eigenvalue weighted by atomic mass is 10.3. The second-order valence-electron chi connectivity index (χ2n) is 2.00. The first-order valence-corrected chi connectivity index (χ1v) is 4.34. The number of methoxy groups -OCH3 is 1. The van der Waals surface area contributed by atoms with Crippen molar-refractivity contribution in [3.63, 3.8) is 0 Å². The molecule has 1 nitrogen and oxygen atoms in total. The molecule has 1 aromatic rings. The van der Waals surface area contributed by atoms with Crippen LogP contribution in [0.2, 0.25) is 0 Å². The highest BCUT2D eigenvalue weighted by Gasteiger charge is 1.98. The van der Waals surface area contributed by atoms with Gasteiger partial charge in [-0.2, -0.15) is 0 Å². The molecule has 0 N–H and O–H groups in total. The first-order chi connectivity index (χ1) is 5.38. The molecule has 0 bridgehead atoms. The van der Waals surface area contributed by atoms with Crippen LogP contribution in [0.3, 0.4) is 0 Å². The Labute approximate surface area is 71.8 Å². The quantitative estimate of drug-likeness (QED) is 0.640. The van der Waals surface area contributed by atoms with Crippen LogP contribution in [0.1, 0.15) is 6.92 Å². The minimum absolute atomic E-state index is 0.940. The van der Waals surface area contributed by atoms with Gasteiger partial charge in [0.15, 0.2) is 0 Å². The number of hydrogen-bond donors (Lipinski definition) is 0. The molecule has 1 aromatic carbocycles. The van der Waals surface area contributed by atoms with Gasteiger partial charge in [0.1, 0.15) is 5.75 Å². The molecule has 0 aliphatic heterocycles. The second-order valence-corrected chi connectivity index (χ2v) is 3.15. The average molecular weight is 167 g/mol. The summed E-state index contributed by atoms with van der Waals surface area (Å²) in [7, 11) is 1.69. The maximum Gasteiger partial charge on any atom is 0.132 e. The monoisotopic (exact) mass is 167 g/mol. The smallest absolute Gasteiger partial charge is 0.132 e. The Morgan fingerprint density at radius 1 is 1.36 bits per heavy atom. The summed E-state index contributed by atoms with van der Waals surface area (Å²) in [6.45, 7) is 2.01. The van der Waals surface area contributed by atoms with E-state index in [4.69, 9.17) is 4.74 Å². The van der Waals surface area contributed by atoms with E-state index < -0.39 is 0 Å². The molecule has 0 aliphatic rings. The lowest BCUT2D eigenvalue weighted by Crippen LogP contribution is -1.83. The first kappa shape index (κ1) is 8.47. The molecule has 0 fully saturated rings. The summed E-state index contributed by atoms with van der Waals surface area (Å²) in [6.07, 6.45) is 0. The molecule has 1 rings (SSSR count). The third-order valence-electron chi connectivity index (χ3n) is 1.31. The minimum Gasteiger partial charge on any atom is -0.496 e. The molecule has 11 heavy (non-hydrogen) atoms. The molecule has 0 aromatic heterocycles. The van der Waals surface area contributed by atoms with E-state index in [9.17, 15) is 0 Å². The fourth-order valence-corrected chi connectivity index (χ4v) is 1.52. The van der Waals surface area contributed by atoms with E-state index in [1.54, 1.807) is 18.9 Å². The summed E-state index contributed by atoms with van der Waals surface area (Å²) in [5.41, 5.74) is 0. The maximum absolute atomic E-state index is 5.16. The Morgan fingerprint density at radius 3 is 2.73 bits per heavy atom. The predicted molar refractivity (Wildman–Crippen MR) is 48.8 cm³/mol. The van der Waals surface area contributed by atoms with Crippen molar-refractivity contribution in [2.24, 2.45) is 0 Å². The number of ether oxygens (including phenoxy) is 1. The first-order valence-electron chi connectivity index (χ1n) is 3.46. The lowest BCUT2D eigenvalue weighted by Gasteiger charge is -2.04. The zero-order chi connectivity index (χ0) is 8.10. The predicted octanol–water partition coefficient (Wildman–Crippen LogP) is 2.97. The second kappa shape index (κ2) is 4.29. The average Bonchev–Trinajstić information content (AvgIpc) is 2.06. The molecule has 0 aliphatic carbocycles. The van der Waals surface area contributed by atoms with Gasteiger partial charge in [-0.05, 0) is 12.1 Å². The topological polar surface area (TPSA) is 9.23 Å². The van der Waals surface area contributed by atoms with Crippen molar-refractivity contribution in [1.82, 2.24) is 0 Å². The maximum atomic E-state index is 5.16. The van der Waals surface area contributed by atoms with Crippen LogP contribution in [0, 0.1) is 5.75 Å². The van der Waals surface area contributed by atoms with Crippen molar-refractivity contribution >= 4 is 11.8 Å². The number of thioether (sulfide) groups is 1. The van der Waals surface area contributed by atoms with E-state index in [1.165, 1.54) is 0 Å². The van der Waals surface area contributed by atoms with Gasteiger partial charge in [0, 0.05) is 10.6 Å². The van der Waals surface area contributed by atoms with Gasteiger partial charge >= 0.3 is 0 Å². The van der Waals surface area contributed by atoms with Gasteiger partial charge in [0.25, 0.3) is 0 Å². The number of para-hydroxylation sites is 1. The van der Waals surface area contributed by atoms with Crippen molar-refractivity contribution in [3.8, 4) is 5.75 Å². The van der Waals surface area contributed by atoms with E-state index >= 15 is 0 Å². The van der Waals surface area contributed by atoms with Crippen LogP contribution in [0.5, 0.6) is 5.75 Å². The van der Waals surface area contributed by atoms with Crippen LogP contribution in [0.25, 0.3) is 0 Å². The van der Waals surface area contributed by atoms with Gasteiger partial charge in [-0.25, -0.2) is 0 Å². The Kier molecular flexibility index (Phi) is 3.30. The summed E-state index contributed by atoms with van der Waals surface area (Å²) in [6, 6.07) is 7.99. The summed E-state index contributed by atoms with van der Waals surface area (Å²) in [5, 5.41) is 0. The molecule has 0 heterocycles. The molecule has 59 valence electrons. The Balaban J connectivity index is 2.83. The van der Waals surface area contributed by atoms with Crippen LogP contribution >= 0.6 is 11.8 Å². The highest BCUT2D eigenvalue weighted by atomic mass is 32.2. The van der Waals surface area contributed by atoms with E-state index in [-0.39, 0.29) is 0 Å². The highest BCUT2D eigenvalue weighted by molar-refractivity contribution is 8.01. The molecule has 0 saturated carbocycles. The van der Waals surface area contributed by atoms with Crippen LogP contribution in [-0.2, 0) is 0 Å². The molecule has 1 radical (unpaired) electrons. The summed E-state index contributed by atoms with van der Waals surface area (Å²) < 4.78 is 5.16. The van der Waals surface area contributed by atoms with Gasteiger partial charge in [0.05, 0.1) is 7.11 Å². The largest absolute Gasteiger partial charge is 0.496 e. The Hall–Kier alpha value is -0.630. The molecule has 0 amide bonds. The van der Waals surface area contributed by atoms with Crippen molar-refractivity contribution in [2.45, 2.75) is 11.8 Å². The van der Waals surface area contributed by atoms with Crippen LogP contribution in [0.4, 0.5) is 0 Å². The molecule has 0 unspecified atom stereocenters. The standard InChI is InChI=1S/C9H11OS/c1-3-11-9-7-5-4-6-8(9)10-2/h3-7H,1-2H3. The third kappa shape index (κ3) is 2.15. The van der Waals surface area contributed by atoms with Crippen LogP contribution in [-0.4, -0.2) is 7.11 Å². The van der Waals surface area contributed by atoms with E-state index in [1.807, 2.05) is 36.9 Å². The van der Waals surface area contributed by atoms with Crippen molar-refractivity contribution in [3.05, 3.63) is 30.0 Å². The summed E-state index contributed by atoms with van der Waals surface area (Å²) >= 11 is 1.68. The van der Waals surface area contributed by atoms with E-state index in [0.29, 0.717) is 0 Å². The van der Waals surface area contributed by atoms with Gasteiger partial charge in [0.2, 0.25) is 0 Å². The third-order valence-corrected chi connectivity index (χ3v) is 2.14. The SMILES string of the molecule is C[CH]Sc1ccccc1OC. The van der Waals surface area contributed by atoms with Gasteiger partial charge in [-0.3, -0.25) is 0 Å². The zero-order valence-electron chi connectivity index (χ0n) is 6.70. The van der Waals surface area contributed by atoms with E-state index in [2.05, 4.69) is 0 Å². The lowest BCUT2D eigenvalue weighted by molar-refractivity contribution is 0.405. The minimum atomic E-state index is 0.940. The van der Waals surface area contributed by atoms with Gasteiger partial charge in [-0.15, -0.1) is 11.8 Å².